The van der Waals surface area contributed by atoms with Crippen molar-refractivity contribution in [2.75, 3.05) is 25.0 Å². The van der Waals surface area contributed by atoms with Crippen LogP contribution in [0.3, 0.4) is 0 Å². The van der Waals surface area contributed by atoms with E-state index in [-0.39, 0.29) is 24.6 Å². The second-order valence-corrected chi connectivity index (χ2v) is 5.95. The van der Waals surface area contributed by atoms with Crippen molar-refractivity contribution in [1.29, 1.82) is 0 Å². The number of ether oxygens (including phenoxy) is 1. The zero-order valence-electron chi connectivity index (χ0n) is 12.5. The van der Waals surface area contributed by atoms with Crippen LogP contribution >= 0.6 is 0 Å². The van der Waals surface area contributed by atoms with E-state index in [1.165, 1.54) is 0 Å². The fraction of sp³-hybridized carbons (Fsp3) is 0.615. The molecule has 1 saturated heterocycles. The Morgan fingerprint density at radius 1 is 1.48 bits per heavy atom. The first-order chi connectivity index (χ1) is 9.80. The van der Waals surface area contributed by atoms with Crippen LogP contribution in [0.2, 0.25) is 0 Å². The minimum absolute atomic E-state index is 0.0283. The van der Waals surface area contributed by atoms with Gasteiger partial charge in [-0.05, 0) is 20.8 Å². The van der Waals surface area contributed by atoms with Crippen LogP contribution in [0.15, 0.2) is 12.3 Å². The van der Waals surface area contributed by atoms with Crippen molar-refractivity contribution >= 4 is 17.8 Å². The number of carbonyl (C=O) groups excluding carboxylic acids is 2. The third-order valence-corrected chi connectivity index (χ3v) is 2.98. The molecule has 8 heteroatoms. The summed E-state index contributed by atoms with van der Waals surface area (Å²) >= 11 is 0. The van der Waals surface area contributed by atoms with E-state index in [1.54, 1.807) is 21.8 Å². The Balaban J connectivity index is 1.92. The Bertz CT molecular complexity index is 528. The number of amides is 2. The summed E-state index contributed by atoms with van der Waals surface area (Å²) in [6.45, 7) is 6.41. The third kappa shape index (κ3) is 3.72. The molecule has 3 N–H and O–H groups in total. The van der Waals surface area contributed by atoms with Gasteiger partial charge in [0.1, 0.15) is 11.4 Å². The summed E-state index contributed by atoms with van der Waals surface area (Å²) in [5.74, 6) is 0.305. The van der Waals surface area contributed by atoms with Crippen molar-refractivity contribution in [3.8, 4) is 0 Å². The third-order valence-electron chi connectivity index (χ3n) is 2.98. The van der Waals surface area contributed by atoms with Crippen LogP contribution in [0.25, 0.3) is 0 Å². The minimum atomic E-state index is -0.506. The van der Waals surface area contributed by atoms with E-state index in [9.17, 15) is 9.59 Å². The summed E-state index contributed by atoms with van der Waals surface area (Å²) in [6, 6.07) is 1.73. The number of likely N-dealkylation sites (tertiary alicyclic amines) is 1. The highest BCUT2D eigenvalue weighted by Gasteiger charge is 2.36. The molecule has 2 amide bonds. The first-order valence-electron chi connectivity index (χ1n) is 6.81. The fourth-order valence-electron chi connectivity index (χ4n) is 1.98. The van der Waals surface area contributed by atoms with Gasteiger partial charge in [0.2, 0.25) is 5.91 Å². The number of nitrogens with one attached hydrogen (secondary N) is 1. The first kappa shape index (κ1) is 15.3. The molecule has 0 radical (unpaired) electrons. The van der Waals surface area contributed by atoms with E-state index >= 15 is 0 Å². The van der Waals surface area contributed by atoms with Crippen molar-refractivity contribution in [2.24, 2.45) is 5.73 Å². The predicted octanol–water partition coefficient (Wildman–Crippen LogP) is 0.572. The Labute approximate surface area is 123 Å². The Kier molecular flexibility index (Phi) is 4.17. The van der Waals surface area contributed by atoms with Gasteiger partial charge < -0.3 is 20.7 Å². The Hall–Kier alpha value is -2.09. The highest BCUT2D eigenvalue weighted by molar-refractivity contribution is 5.91. The average molecular weight is 295 g/mol. The Morgan fingerprint density at radius 3 is 2.71 bits per heavy atom. The topological polar surface area (TPSA) is 102 Å². The van der Waals surface area contributed by atoms with Crippen molar-refractivity contribution < 1.29 is 14.3 Å². The maximum atomic E-state index is 11.9. The van der Waals surface area contributed by atoms with Gasteiger partial charge in [-0.25, -0.2) is 9.48 Å². The quantitative estimate of drug-likeness (QED) is 0.848. The zero-order valence-corrected chi connectivity index (χ0v) is 12.5. The summed E-state index contributed by atoms with van der Waals surface area (Å²) in [6.07, 6.45) is 1.26. The molecule has 0 aromatic carbocycles. The molecule has 0 unspecified atom stereocenters. The van der Waals surface area contributed by atoms with Crippen molar-refractivity contribution in [1.82, 2.24) is 14.7 Å². The molecule has 1 fully saturated rings. The van der Waals surface area contributed by atoms with E-state index < -0.39 is 5.60 Å². The summed E-state index contributed by atoms with van der Waals surface area (Å²) < 4.78 is 6.98. The largest absolute Gasteiger partial charge is 0.444 e. The summed E-state index contributed by atoms with van der Waals surface area (Å²) in [7, 11) is 0. The highest BCUT2D eigenvalue weighted by Crippen LogP contribution is 2.25. The maximum absolute atomic E-state index is 11.9. The van der Waals surface area contributed by atoms with Crippen molar-refractivity contribution in [3.05, 3.63) is 12.3 Å². The van der Waals surface area contributed by atoms with Crippen molar-refractivity contribution in [3.63, 3.8) is 0 Å². The van der Waals surface area contributed by atoms with Gasteiger partial charge in [-0.3, -0.25) is 4.79 Å². The molecule has 2 heterocycles. The SMILES string of the molecule is CC(C)(C)OC(=O)N1CC(n2nccc2NC(=O)CN)C1. The fourth-order valence-corrected chi connectivity index (χ4v) is 1.98. The Morgan fingerprint density at radius 2 is 2.14 bits per heavy atom. The van der Waals surface area contributed by atoms with E-state index in [0.717, 1.165) is 0 Å². The number of nitrogens with two attached hydrogens (primary N) is 1. The summed E-state index contributed by atoms with van der Waals surface area (Å²) in [5.41, 5.74) is 4.76. The molecule has 2 rings (SSSR count). The van der Waals surface area contributed by atoms with Crippen LogP contribution in [0, 0.1) is 0 Å². The smallest absolute Gasteiger partial charge is 0.410 e. The molecular formula is C13H21N5O3. The van der Waals surface area contributed by atoms with Gasteiger partial charge in [-0.1, -0.05) is 0 Å². The highest BCUT2D eigenvalue weighted by atomic mass is 16.6. The molecule has 0 atom stereocenters. The lowest BCUT2D eigenvalue weighted by atomic mass is 10.1. The molecular weight excluding hydrogens is 274 g/mol. The lowest BCUT2D eigenvalue weighted by Crippen LogP contribution is -2.52. The number of carbonyl (C=O) groups is 2. The number of hydrogen-bond acceptors (Lipinski definition) is 5. The van der Waals surface area contributed by atoms with Crippen molar-refractivity contribution in [2.45, 2.75) is 32.4 Å². The van der Waals surface area contributed by atoms with Crippen LogP contribution in [0.5, 0.6) is 0 Å². The molecule has 0 saturated carbocycles. The van der Waals surface area contributed by atoms with Gasteiger partial charge in [0, 0.05) is 19.2 Å². The van der Waals surface area contributed by atoms with Gasteiger partial charge in [-0.15, -0.1) is 0 Å². The van der Waals surface area contributed by atoms with Gasteiger partial charge in [0.15, 0.2) is 0 Å². The lowest BCUT2D eigenvalue weighted by Gasteiger charge is -2.40. The van der Waals surface area contributed by atoms with Crippen LogP contribution < -0.4 is 11.1 Å². The zero-order chi connectivity index (χ0) is 15.6. The van der Waals surface area contributed by atoms with Crippen LogP contribution in [-0.4, -0.2) is 51.9 Å². The molecule has 0 bridgehead atoms. The number of aromatic nitrogens is 2. The van der Waals surface area contributed by atoms with E-state index in [1.807, 2.05) is 20.8 Å². The number of hydrogen-bond donors (Lipinski definition) is 2. The normalized spacial score (nSPS) is 15.5. The van der Waals surface area contributed by atoms with E-state index in [4.69, 9.17) is 10.5 Å². The molecule has 1 aromatic heterocycles. The summed E-state index contributed by atoms with van der Waals surface area (Å²) in [5, 5.41) is 6.85. The standard InChI is InChI=1S/C13H21N5O3/c1-13(2,3)21-12(20)17-7-9(8-17)18-10(4-5-15-18)16-11(19)6-14/h4-5,9H,6-8,14H2,1-3H3,(H,16,19). The molecule has 0 spiro atoms. The van der Waals surface area contributed by atoms with Gasteiger partial charge >= 0.3 is 6.09 Å². The van der Waals surface area contributed by atoms with Crippen LogP contribution in [-0.2, 0) is 9.53 Å². The number of nitrogens with zero attached hydrogens (tertiary/aromatic N) is 3. The summed E-state index contributed by atoms with van der Waals surface area (Å²) in [4.78, 5) is 24.8. The molecule has 21 heavy (non-hydrogen) atoms. The maximum Gasteiger partial charge on any atom is 0.410 e. The van der Waals surface area contributed by atoms with Gasteiger partial charge in [-0.2, -0.15) is 5.10 Å². The van der Waals surface area contributed by atoms with E-state index in [0.29, 0.717) is 18.9 Å². The second kappa shape index (κ2) is 5.72. The molecule has 0 aliphatic carbocycles. The van der Waals surface area contributed by atoms with Gasteiger partial charge in [0.25, 0.3) is 0 Å². The molecule has 1 aliphatic rings. The lowest BCUT2D eigenvalue weighted by molar-refractivity contribution is -0.115. The number of anilines is 1. The second-order valence-electron chi connectivity index (χ2n) is 5.95. The molecule has 1 aromatic rings. The molecule has 1 aliphatic heterocycles. The van der Waals surface area contributed by atoms with Crippen LogP contribution in [0.1, 0.15) is 26.8 Å². The molecule has 116 valence electrons. The van der Waals surface area contributed by atoms with Gasteiger partial charge in [0.05, 0.1) is 18.8 Å². The molecule has 8 nitrogen and oxygen atoms in total. The predicted molar refractivity (Wildman–Crippen MR) is 76.8 cm³/mol. The monoisotopic (exact) mass is 295 g/mol. The average Bonchev–Trinajstić information content (AvgIpc) is 2.72. The number of rotatable bonds is 3. The first-order valence-corrected chi connectivity index (χ1v) is 6.81. The minimum Gasteiger partial charge on any atom is -0.444 e. The van der Waals surface area contributed by atoms with Crippen LogP contribution in [0.4, 0.5) is 10.6 Å². The van der Waals surface area contributed by atoms with E-state index in [2.05, 4.69) is 10.4 Å².